The van der Waals surface area contributed by atoms with Gasteiger partial charge in [0.25, 0.3) is 0 Å². The summed E-state index contributed by atoms with van der Waals surface area (Å²) in [5, 5.41) is 0. The van der Waals surface area contributed by atoms with E-state index in [0.29, 0.717) is 13.1 Å². The van der Waals surface area contributed by atoms with Gasteiger partial charge in [-0.1, -0.05) is 30.3 Å². The summed E-state index contributed by atoms with van der Waals surface area (Å²) in [6.45, 7) is 1.16. The summed E-state index contributed by atoms with van der Waals surface area (Å²) >= 11 is 0. The van der Waals surface area contributed by atoms with Crippen LogP contribution in [0.3, 0.4) is 0 Å². The smallest absolute Gasteiger partial charge is 0.247 e. The lowest BCUT2D eigenvalue weighted by molar-refractivity contribution is -0.126. The molecule has 4 nitrogen and oxygen atoms in total. The van der Waals surface area contributed by atoms with E-state index in [1.165, 1.54) is 6.33 Å². The number of amides is 1. The highest BCUT2D eigenvalue weighted by molar-refractivity contribution is 5.92. The molecule has 0 saturated carbocycles. The van der Waals surface area contributed by atoms with Gasteiger partial charge in [0.15, 0.2) is 0 Å². The molecule has 4 heteroatoms. The standard InChI is InChI=1S/C15H13N3O/c19-15(7-6-12-4-2-1-3-5-12)18-9-13-8-16-11-17-14(13)10-18/h1-8,11H,9-10H2. The van der Waals surface area contributed by atoms with Gasteiger partial charge in [-0.05, 0) is 11.6 Å². The van der Waals surface area contributed by atoms with Crippen molar-refractivity contribution in [2.45, 2.75) is 13.1 Å². The third-order valence-electron chi connectivity index (χ3n) is 3.11. The Morgan fingerprint density at radius 2 is 2.05 bits per heavy atom. The van der Waals surface area contributed by atoms with Crippen molar-refractivity contribution in [3.8, 4) is 0 Å². The van der Waals surface area contributed by atoms with Crippen LogP contribution in [0.15, 0.2) is 48.9 Å². The molecule has 0 spiro atoms. The predicted molar refractivity (Wildman–Crippen MR) is 71.8 cm³/mol. The Hall–Kier alpha value is -2.49. The van der Waals surface area contributed by atoms with Crippen molar-refractivity contribution >= 4 is 12.0 Å². The van der Waals surface area contributed by atoms with E-state index >= 15 is 0 Å². The van der Waals surface area contributed by atoms with Crippen LogP contribution < -0.4 is 0 Å². The van der Waals surface area contributed by atoms with Gasteiger partial charge in [-0.3, -0.25) is 4.79 Å². The maximum atomic E-state index is 12.1. The summed E-state index contributed by atoms with van der Waals surface area (Å²) in [5.74, 6) is 0.00172. The van der Waals surface area contributed by atoms with Gasteiger partial charge in [-0.15, -0.1) is 0 Å². The van der Waals surface area contributed by atoms with Crippen molar-refractivity contribution in [3.63, 3.8) is 0 Å². The molecule has 0 bridgehead atoms. The molecule has 0 N–H and O–H groups in total. The fourth-order valence-corrected chi connectivity index (χ4v) is 2.09. The predicted octanol–water partition coefficient (Wildman–Crippen LogP) is 2.03. The number of fused-ring (bicyclic) bond motifs is 1. The Morgan fingerprint density at radius 1 is 1.21 bits per heavy atom. The molecule has 0 fully saturated rings. The number of nitrogens with zero attached hydrogens (tertiary/aromatic N) is 3. The number of rotatable bonds is 2. The number of carbonyl (C=O) groups excluding carboxylic acids is 1. The molecule has 0 radical (unpaired) electrons. The largest absolute Gasteiger partial charge is 0.329 e. The molecule has 0 saturated heterocycles. The molecule has 2 heterocycles. The zero-order valence-corrected chi connectivity index (χ0v) is 10.4. The average molecular weight is 251 g/mol. The normalized spacial score (nSPS) is 13.8. The second-order valence-electron chi connectivity index (χ2n) is 4.43. The van der Waals surface area contributed by atoms with Crippen molar-refractivity contribution in [3.05, 3.63) is 65.8 Å². The van der Waals surface area contributed by atoms with Crippen molar-refractivity contribution in [1.29, 1.82) is 0 Å². The topological polar surface area (TPSA) is 46.1 Å². The minimum Gasteiger partial charge on any atom is -0.329 e. The molecule has 1 amide bonds. The summed E-state index contributed by atoms with van der Waals surface area (Å²) < 4.78 is 0. The van der Waals surface area contributed by atoms with Crippen LogP contribution in [0.2, 0.25) is 0 Å². The van der Waals surface area contributed by atoms with E-state index in [9.17, 15) is 4.79 Å². The molecule has 0 unspecified atom stereocenters. The van der Waals surface area contributed by atoms with Crippen molar-refractivity contribution in [2.24, 2.45) is 0 Å². The highest BCUT2D eigenvalue weighted by Gasteiger charge is 2.22. The summed E-state index contributed by atoms with van der Waals surface area (Å²) in [6, 6.07) is 9.79. The van der Waals surface area contributed by atoms with Crippen LogP contribution in [0, 0.1) is 0 Å². The first-order valence-electron chi connectivity index (χ1n) is 6.13. The molecule has 1 aromatic heterocycles. The maximum Gasteiger partial charge on any atom is 0.247 e. The summed E-state index contributed by atoms with van der Waals surface area (Å²) in [5.41, 5.74) is 2.99. The second kappa shape index (κ2) is 5.02. The third-order valence-corrected chi connectivity index (χ3v) is 3.11. The van der Waals surface area contributed by atoms with Gasteiger partial charge in [0.2, 0.25) is 5.91 Å². The van der Waals surface area contributed by atoms with E-state index in [4.69, 9.17) is 0 Å². The first-order valence-corrected chi connectivity index (χ1v) is 6.13. The highest BCUT2D eigenvalue weighted by atomic mass is 16.2. The monoisotopic (exact) mass is 251 g/mol. The molecule has 1 aliphatic rings. The minimum absolute atomic E-state index is 0.00172. The first-order chi connectivity index (χ1) is 9.33. The summed E-state index contributed by atoms with van der Waals surface area (Å²) in [7, 11) is 0. The fraction of sp³-hybridized carbons (Fsp3) is 0.133. The lowest BCUT2D eigenvalue weighted by Gasteiger charge is -2.11. The van der Waals surface area contributed by atoms with E-state index in [-0.39, 0.29) is 5.91 Å². The van der Waals surface area contributed by atoms with Gasteiger partial charge in [0, 0.05) is 24.4 Å². The number of hydrogen-bond acceptors (Lipinski definition) is 3. The molecule has 0 aliphatic carbocycles. The average Bonchev–Trinajstić information content (AvgIpc) is 2.90. The van der Waals surface area contributed by atoms with Crippen molar-refractivity contribution < 1.29 is 4.79 Å². The van der Waals surface area contributed by atoms with Crippen LogP contribution in [0.25, 0.3) is 6.08 Å². The molecular weight excluding hydrogens is 238 g/mol. The second-order valence-corrected chi connectivity index (χ2v) is 4.43. The first kappa shape index (κ1) is 11.6. The van der Waals surface area contributed by atoms with E-state index < -0.39 is 0 Å². The van der Waals surface area contributed by atoms with E-state index in [2.05, 4.69) is 9.97 Å². The Labute approximate surface area is 111 Å². The molecule has 1 aliphatic heterocycles. The van der Waals surface area contributed by atoms with Crippen molar-refractivity contribution in [2.75, 3.05) is 0 Å². The maximum absolute atomic E-state index is 12.1. The highest BCUT2D eigenvalue weighted by Crippen LogP contribution is 2.19. The zero-order valence-electron chi connectivity index (χ0n) is 10.4. The van der Waals surface area contributed by atoms with Crippen LogP contribution in [-0.4, -0.2) is 20.8 Å². The molecule has 2 aromatic rings. The lowest BCUT2D eigenvalue weighted by atomic mass is 10.2. The van der Waals surface area contributed by atoms with Crippen LogP contribution in [0.1, 0.15) is 16.8 Å². The zero-order chi connectivity index (χ0) is 13.1. The quantitative estimate of drug-likeness (QED) is 0.767. The van der Waals surface area contributed by atoms with E-state index in [1.54, 1.807) is 17.2 Å². The lowest BCUT2D eigenvalue weighted by Crippen LogP contribution is -2.23. The molecule has 1 aromatic carbocycles. The third kappa shape index (κ3) is 2.52. The molecule has 0 atom stereocenters. The van der Waals surface area contributed by atoms with Gasteiger partial charge in [-0.2, -0.15) is 0 Å². The number of aromatic nitrogens is 2. The van der Waals surface area contributed by atoms with Gasteiger partial charge in [-0.25, -0.2) is 9.97 Å². The summed E-state index contributed by atoms with van der Waals surface area (Å²) in [4.78, 5) is 22.0. The van der Waals surface area contributed by atoms with E-state index in [0.717, 1.165) is 16.8 Å². The molecule has 19 heavy (non-hydrogen) atoms. The van der Waals surface area contributed by atoms with Crippen LogP contribution >= 0.6 is 0 Å². The van der Waals surface area contributed by atoms with Gasteiger partial charge < -0.3 is 4.90 Å². The molecule has 3 rings (SSSR count). The minimum atomic E-state index is 0.00172. The fourth-order valence-electron chi connectivity index (χ4n) is 2.09. The van der Waals surface area contributed by atoms with Crippen LogP contribution in [0.4, 0.5) is 0 Å². The Balaban J connectivity index is 1.69. The van der Waals surface area contributed by atoms with Crippen LogP contribution in [-0.2, 0) is 17.9 Å². The van der Waals surface area contributed by atoms with Gasteiger partial charge in [0.1, 0.15) is 6.33 Å². The van der Waals surface area contributed by atoms with Crippen molar-refractivity contribution in [1.82, 2.24) is 14.9 Å². The summed E-state index contributed by atoms with van der Waals surface area (Å²) in [6.07, 6.45) is 6.73. The Bertz CT molecular complexity index is 597. The van der Waals surface area contributed by atoms with Gasteiger partial charge >= 0.3 is 0 Å². The van der Waals surface area contributed by atoms with E-state index in [1.807, 2.05) is 36.4 Å². The van der Waals surface area contributed by atoms with Gasteiger partial charge in [0.05, 0.1) is 12.2 Å². The number of carbonyl (C=O) groups is 1. The number of benzene rings is 1. The Morgan fingerprint density at radius 3 is 2.84 bits per heavy atom. The molecule has 94 valence electrons. The number of hydrogen-bond donors (Lipinski definition) is 0. The van der Waals surface area contributed by atoms with Crippen LogP contribution in [0.5, 0.6) is 0 Å². The SMILES string of the molecule is O=C(C=Cc1ccccc1)N1Cc2cncnc2C1. The molecular formula is C15H13N3O. The Kier molecular flexibility index (Phi) is 3.06.